The first kappa shape index (κ1) is 36.4. The van der Waals surface area contributed by atoms with Gasteiger partial charge < -0.3 is 37.6 Å². The molecule has 1 fully saturated rings. The van der Waals surface area contributed by atoms with Gasteiger partial charge in [0.2, 0.25) is 14.1 Å². The van der Waals surface area contributed by atoms with Crippen molar-refractivity contribution in [1.29, 1.82) is 0 Å². The third-order valence-electron chi connectivity index (χ3n) is 6.62. The highest BCUT2D eigenvalue weighted by molar-refractivity contribution is 7.98. The Balaban J connectivity index is 2.68. The number of esters is 2. The van der Waals surface area contributed by atoms with Crippen LogP contribution in [0.5, 0.6) is 17.2 Å². The molecule has 1 aliphatic heterocycles. The van der Waals surface area contributed by atoms with Gasteiger partial charge in [-0.1, -0.05) is 13.8 Å². The fourth-order valence-corrected chi connectivity index (χ4v) is 18.7. The summed E-state index contributed by atoms with van der Waals surface area (Å²) in [6, 6.07) is 3.48. The van der Waals surface area contributed by atoms with Crippen molar-refractivity contribution in [2.45, 2.75) is 70.3 Å². The van der Waals surface area contributed by atoms with E-state index in [2.05, 4.69) is 0 Å². The van der Waals surface area contributed by atoms with E-state index in [-0.39, 0.29) is 18.6 Å². The number of ether oxygens (including phenoxy) is 5. The summed E-state index contributed by atoms with van der Waals surface area (Å²) in [5, 5.41) is -1.58. The van der Waals surface area contributed by atoms with Crippen LogP contribution in [0.15, 0.2) is 18.2 Å². The van der Waals surface area contributed by atoms with Crippen molar-refractivity contribution in [3.8, 4) is 17.2 Å². The zero-order valence-corrected chi connectivity index (χ0v) is 30.8. The zero-order chi connectivity index (χ0) is 31.9. The molecule has 10 nitrogen and oxygen atoms in total. The maximum Gasteiger partial charge on any atom is 0.392 e. The second kappa shape index (κ2) is 14.8. The van der Waals surface area contributed by atoms with Gasteiger partial charge in [-0.05, 0) is 81.7 Å². The lowest BCUT2D eigenvalue weighted by Gasteiger charge is -2.50. The molecule has 2 rings (SSSR count). The maximum absolute atomic E-state index is 13.8. The van der Waals surface area contributed by atoms with Gasteiger partial charge in [-0.2, -0.15) is 11.8 Å². The summed E-state index contributed by atoms with van der Waals surface area (Å²) < 4.78 is 42.4. The maximum atomic E-state index is 13.8. The van der Waals surface area contributed by atoms with Gasteiger partial charge in [0.1, 0.15) is 12.0 Å². The van der Waals surface area contributed by atoms with Crippen LogP contribution in [0.25, 0.3) is 6.08 Å². The number of hydrogen-bond donors (Lipinski definition) is 1. The van der Waals surface area contributed by atoms with E-state index < -0.39 is 48.0 Å². The minimum atomic E-state index is -3.89. The number of methoxy groups -OCH3 is 3. The molecule has 42 heavy (non-hydrogen) atoms. The van der Waals surface area contributed by atoms with Crippen molar-refractivity contribution < 1.29 is 41.5 Å². The van der Waals surface area contributed by atoms with E-state index in [4.69, 9.17) is 37.6 Å². The Hall–Kier alpha value is -1.82. The second-order valence-corrected chi connectivity index (χ2v) is 25.9. The zero-order valence-electron chi connectivity index (χ0n) is 27.0. The van der Waals surface area contributed by atoms with Gasteiger partial charge in [0.25, 0.3) is 0 Å². The molecule has 3 unspecified atom stereocenters. The number of cyclic esters (lactones) is 1. The van der Waals surface area contributed by atoms with E-state index in [0.717, 1.165) is 0 Å². The molecule has 14 heteroatoms. The highest BCUT2D eigenvalue weighted by Crippen LogP contribution is 2.42. The van der Waals surface area contributed by atoms with Gasteiger partial charge in [-0.25, -0.2) is 4.79 Å². The van der Waals surface area contributed by atoms with Crippen molar-refractivity contribution in [3.63, 3.8) is 0 Å². The normalized spacial score (nSPS) is 23.3. The lowest BCUT2D eigenvalue weighted by atomic mass is 10.1. The Labute approximate surface area is 258 Å². The first-order valence-corrected chi connectivity index (χ1v) is 23.8. The average Bonchev–Trinajstić information content (AvgIpc) is 2.97. The molecule has 0 aromatic heterocycles. The van der Waals surface area contributed by atoms with Gasteiger partial charge in [-0.15, -0.1) is 0 Å². The van der Waals surface area contributed by atoms with Crippen LogP contribution < -0.4 is 19.9 Å². The summed E-state index contributed by atoms with van der Waals surface area (Å²) in [4.78, 5) is 27.3. The molecule has 0 amide bonds. The summed E-state index contributed by atoms with van der Waals surface area (Å²) in [6.45, 7) is 14.1. The summed E-state index contributed by atoms with van der Waals surface area (Å²) in [6.07, 6.45) is 5.70. The molecule has 1 aliphatic rings. The highest BCUT2D eigenvalue weighted by atomic mass is 32.2. The van der Waals surface area contributed by atoms with E-state index in [0.29, 0.717) is 35.0 Å². The summed E-state index contributed by atoms with van der Waals surface area (Å²) >= 11 is 1.57. The van der Waals surface area contributed by atoms with E-state index in [1.54, 1.807) is 30.0 Å². The van der Waals surface area contributed by atoms with Crippen LogP contribution in [0.2, 0.25) is 32.7 Å². The Morgan fingerprint density at radius 1 is 1.14 bits per heavy atom. The molecular formula is C28H49NO9SSi3. The molecule has 1 heterocycles. The molecule has 0 spiro atoms. The van der Waals surface area contributed by atoms with Crippen LogP contribution in [-0.2, 0) is 27.3 Å². The number of hydrogen-bond acceptors (Lipinski definition) is 11. The topological polar surface area (TPSA) is 125 Å². The van der Waals surface area contributed by atoms with Crippen molar-refractivity contribution in [3.05, 3.63) is 23.8 Å². The fourth-order valence-electron chi connectivity index (χ4n) is 4.87. The number of thioether (sulfide) groups is 1. The van der Waals surface area contributed by atoms with Crippen LogP contribution in [0.4, 0.5) is 0 Å². The molecule has 0 saturated carbocycles. The Morgan fingerprint density at radius 2 is 1.79 bits per heavy atom. The molecule has 3 atom stereocenters. The molecule has 0 radical (unpaired) electrons. The Bertz CT molecular complexity index is 1130. The van der Waals surface area contributed by atoms with E-state index >= 15 is 0 Å². The monoisotopic (exact) mass is 659 g/mol. The number of nitrogens with two attached hydrogens (primary N) is 1. The summed E-state index contributed by atoms with van der Waals surface area (Å²) in [5.41, 5.74) is 6.86. The fraction of sp³-hybridized carbons (Fsp3) is 0.643. The minimum Gasteiger partial charge on any atom is -0.493 e. The second-order valence-electron chi connectivity index (χ2n) is 12.3. The van der Waals surface area contributed by atoms with Crippen LogP contribution >= 0.6 is 11.8 Å². The predicted octanol–water partition coefficient (Wildman–Crippen LogP) is 4.82. The predicted molar refractivity (Wildman–Crippen MR) is 174 cm³/mol. The number of rotatable bonds is 14. The van der Waals surface area contributed by atoms with Gasteiger partial charge in [-0.3, -0.25) is 4.79 Å². The minimum absolute atomic E-state index is 0.0878. The standard InChI is InChI=1S/C28H49NO9SSi3/c1-20(2)18-24(36-23(30)15-13-21-12-14-22(32-3)26(34-5)25(21)33-4)42(37-40(7,8)9)28(29,16-17-39-6)27(31)35-19-41(10,11)38-42/h12-15,20,24H,16-19,29H2,1-11H3/b15-13+. The summed E-state index contributed by atoms with van der Waals surface area (Å²) in [5.74, 6) is 0.824. The van der Waals surface area contributed by atoms with Gasteiger partial charge >= 0.3 is 20.5 Å². The molecule has 0 bridgehead atoms. The molecule has 238 valence electrons. The van der Waals surface area contributed by atoms with Crippen LogP contribution in [0.1, 0.15) is 32.3 Å². The molecule has 0 aliphatic carbocycles. The average molecular weight is 660 g/mol. The molecule has 2 N–H and O–H groups in total. The molecular weight excluding hydrogens is 611 g/mol. The van der Waals surface area contributed by atoms with Gasteiger partial charge in [0.15, 0.2) is 25.0 Å². The lowest BCUT2D eigenvalue weighted by molar-refractivity contribution is -0.147. The third kappa shape index (κ3) is 8.64. The largest absolute Gasteiger partial charge is 0.493 e. The number of carbonyl (C=O) groups excluding carboxylic acids is 2. The lowest BCUT2D eigenvalue weighted by Crippen LogP contribution is -2.80. The van der Waals surface area contributed by atoms with Crippen molar-refractivity contribution in [1.82, 2.24) is 0 Å². The van der Waals surface area contributed by atoms with Crippen molar-refractivity contribution in [2.24, 2.45) is 11.7 Å². The number of benzene rings is 1. The smallest absolute Gasteiger partial charge is 0.392 e. The molecule has 1 saturated heterocycles. The Kier molecular flexibility index (Phi) is 12.8. The molecule has 1 aromatic rings. The summed E-state index contributed by atoms with van der Waals surface area (Å²) in [7, 11) is -4.38. The van der Waals surface area contributed by atoms with Crippen LogP contribution in [-0.4, -0.2) is 87.6 Å². The Morgan fingerprint density at radius 3 is 2.31 bits per heavy atom. The highest BCUT2D eigenvalue weighted by Gasteiger charge is 2.70. The van der Waals surface area contributed by atoms with E-state index in [1.165, 1.54) is 27.4 Å². The van der Waals surface area contributed by atoms with Crippen molar-refractivity contribution >= 4 is 55.0 Å². The number of carbonyl (C=O) groups is 2. The van der Waals surface area contributed by atoms with Crippen LogP contribution in [0, 0.1) is 5.92 Å². The first-order chi connectivity index (χ1) is 19.5. The van der Waals surface area contributed by atoms with Gasteiger partial charge in [0, 0.05) is 11.6 Å². The van der Waals surface area contributed by atoms with Gasteiger partial charge in [0.05, 0.1) is 21.3 Å². The van der Waals surface area contributed by atoms with Crippen LogP contribution in [0.3, 0.4) is 0 Å². The quantitative estimate of drug-likeness (QED) is 0.168. The molecule has 1 aromatic carbocycles. The first-order valence-electron chi connectivity index (χ1n) is 14.0. The third-order valence-corrected chi connectivity index (χ3v) is 18.1. The van der Waals surface area contributed by atoms with Crippen molar-refractivity contribution in [2.75, 3.05) is 39.6 Å². The SMILES string of the molecule is COc1ccc(/C=C/C(=O)OC(CC(C)C)[Si]2(O[Si](C)(C)C)O[Si](C)(C)COC(=O)C2(N)CCSC)c(OC)c1OC. The van der Waals surface area contributed by atoms with E-state index in [1.807, 2.05) is 52.8 Å². The van der Waals surface area contributed by atoms with E-state index in [9.17, 15) is 9.59 Å².